The van der Waals surface area contributed by atoms with E-state index in [0.29, 0.717) is 5.69 Å². The summed E-state index contributed by atoms with van der Waals surface area (Å²) in [5, 5.41) is 13.6. The highest BCUT2D eigenvalue weighted by atomic mass is 31.0. The first-order valence-corrected chi connectivity index (χ1v) is 11.7. The minimum Gasteiger partial charge on any atom is -0.478 e. The second kappa shape index (κ2) is 10.8. The Labute approximate surface area is 214 Å². The number of hydrogen-bond donors (Lipinski definition) is 3. The van der Waals surface area contributed by atoms with E-state index in [9.17, 15) is 19.5 Å². The Kier molecular flexibility index (Phi) is 7.41. The number of nitrogens with zero attached hydrogens (tertiary/aromatic N) is 1. The number of anilines is 3. The van der Waals surface area contributed by atoms with Crippen LogP contribution in [0.4, 0.5) is 17.1 Å². The number of carboxylic acid groups (broad SMARTS) is 1. The van der Waals surface area contributed by atoms with Gasteiger partial charge in [0.25, 0.3) is 11.8 Å². The number of nitrogens with one attached hydrogen (secondary N) is 1. The van der Waals surface area contributed by atoms with Crippen molar-refractivity contribution in [2.24, 2.45) is 5.73 Å². The number of hydrogen-bond acceptors (Lipinski definition) is 5. The summed E-state index contributed by atoms with van der Waals surface area (Å²) in [6.45, 7) is 0. The molecule has 1 heterocycles. The second-order valence-electron chi connectivity index (χ2n) is 7.96. The molecule has 1 aliphatic heterocycles. The molecular formula is C28H22N3O5P. The Morgan fingerprint density at radius 2 is 1.46 bits per heavy atom. The molecule has 1 atom stereocenters. The van der Waals surface area contributed by atoms with E-state index >= 15 is 0 Å². The molecule has 184 valence electrons. The van der Waals surface area contributed by atoms with Crippen molar-refractivity contribution in [3.05, 3.63) is 108 Å². The lowest BCUT2D eigenvalue weighted by atomic mass is 10.0. The summed E-state index contributed by atoms with van der Waals surface area (Å²) in [6, 6.07) is 26.8. The number of rotatable bonds is 5. The van der Waals surface area contributed by atoms with E-state index in [0.717, 1.165) is 32.7 Å². The Morgan fingerprint density at radius 3 is 2.14 bits per heavy atom. The van der Waals surface area contributed by atoms with E-state index in [1.807, 2.05) is 60.7 Å². The maximum absolute atomic E-state index is 13.2. The summed E-state index contributed by atoms with van der Waals surface area (Å²) in [4.78, 5) is 47.3. The number of carboxylic acids is 1. The van der Waals surface area contributed by atoms with Gasteiger partial charge in [0.05, 0.1) is 22.4 Å². The molecule has 3 amide bonds. The van der Waals surface area contributed by atoms with E-state index in [1.165, 1.54) is 18.2 Å². The molecule has 4 N–H and O–H groups in total. The predicted molar refractivity (Wildman–Crippen MR) is 146 cm³/mol. The van der Waals surface area contributed by atoms with Crippen molar-refractivity contribution in [2.45, 2.75) is 0 Å². The zero-order chi connectivity index (χ0) is 26.5. The van der Waals surface area contributed by atoms with Crippen LogP contribution in [-0.2, 0) is 4.79 Å². The number of aromatic carboxylic acids is 1. The van der Waals surface area contributed by atoms with Gasteiger partial charge in [-0.3, -0.25) is 14.4 Å². The number of primary amides is 1. The smallest absolute Gasteiger partial charge is 0.335 e. The van der Waals surface area contributed by atoms with Crippen LogP contribution in [0.15, 0.2) is 91.0 Å². The van der Waals surface area contributed by atoms with Gasteiger partial charge < -0.3 is 16.2 Å². The molecule has 0 aliphatic carbocycles. The molecular weight excluding hydrogens is 489 g/mol. The van der Waals surface area contributed by atoms with Gasteiger partial charge >= 0.3 is 5.97 Å². The van der Waals surface area contributed by atoms with Gasteiger partial charge in [0.2, 0.25) is 6.41 Å². The first kappa shape index (κ1) is 25.3. The molecule has 0 fully saturated rings. The van der Waals surface area contributed by atoms with Crippen molar-refractivity contribution in [3.8, 4) is 11.1 Å². The molecule has 1 aliphatic rings. The third-order valence-corrected chi connectivity index (χ3v) is 6.20. The quantitative estimate of drug-likeness (QED) is 0.209. The number of imide groups is 1. The SMILES string of the molecule is NC=O.O=C(O)c1ccc2c(c1)C(=O)N(c1ccc(Nc3ccccc3)c(-c3ccccc3P)c1)C2=O. The summed E-state index contributed by atoms with van der Waals surface area (Å²) in [5.74, 6) is -2.18. The fourth-order valence-corrected chi connectivity index (χ4v) is 4.39. The molecule has 0 radical (unpaired) electrons. The molecule has 4 aromatic rings. The largest absolute Gasteiger partial charge is 0.478 e. The lowest BCUT2D eigenvalue weighted by molar-refractivity contribution is -0.106. The maximum Gasteiger partial charge on any atom is 0.335 e. The monoisotopic (exact) mass is 511 g/mol. The van der Waals surface area contributed by atoms with E-state index < -0.39 is 17.8 Å². The van der Waals surface area contributed by atoms with Crippen molar-refractivity contribution in [1.82, 2.24) is 0 Å². The van der Waals surface area contributed by atoms with Crippen LogP contribution in [0.5, 0.6) is 0 Å². The van der Waals surface area contributed by atoms with Crippen molar-refractivity contribution in [3.63, 3.8) is 0 Å². The Morgan fingerprint density at radius 1 is 0.811 bits per heavy atom. The summed E-state index contributed by atoms with van der Waals surface area (Å²) in [6.07, 6.45) is 0.250. The topological polar surface area (TPSA) is 130 Å². The Hall–Kier alpha value is -4.81. The molecule has 0 spiro atoms. The highest BCUT2D eigenvalue weighted by Crippen LogP contribution is 2.37. The molecule has 9 heteroatoms. The number of carbonyl (C=O) groups is 4. The van der Waals surface area contributed by atoms with Gasteiger partial charge in [0.1, 0.15) is 0 Å². The summed E-state index contributed by atoms with van der Waals surface area (Å²) in [5.41, 5.74) is 8.27. The summed E-state index contributed by atoms with van der Waals surface area (Å²) in [7, 11) is 2.71. The van der Waals surface area contributed by atoms with E-state index in [4.69, 9.17) is 4.79 Å². The fourth-order valence-electron chi connectivity index (χ4n) is 4.03. The first-order valence-electron chi connectivity index (χ1n) is 11.1. The van der Waals surface area contributed by atoms with Gasteiger partial charge in [-0.15, -0.1) is 9.24 Å². The van der Waals surface area contributed by atoms with Crippen LogP contribution in [0.1, 0.15) is 31.1 Å². The third-order valence-electron chi connectivity index (χ3n) is 5.70. The van der Waals surface area contributed by atoms with Crippen LogP contribution in [-0.4, -0.2) is 29.3 Å². The molecule has 5 rings (SSSR count). The average molecular weight is 511 g/mol. The lowest BCUT2D eigenvalue weighted by Crippen LogP contribution is -2.29. The normalized spacial score (nSPS) is 11.9. The number of benzene rings is 4. The molecule has 1 unspecified atom stereocenters. The molecule has 8 nitrogen and oxygen atoms in total. The van der Waals surface area contributed by atoms with Crippen LogP contribution in [0.2, 0.25) is 0 Å². The highest BCUT2D eigenvalue weighted by Gasteiger charge is 2.37. The van der Waals surface area contributed by atoms with Crippen LogP contribution in [0.3, 0.4) is 0 Å². The highest BCUT2D eigenvalue weighted by molar-refractivity contribution is 7.28. The molecule has 0 aromatic heterocycles. The zero-order valence-electron chi connectivity index (χ0n) is 19.4. The van der Waals surface area contributed by atoms with Crippen LogP contribution >= 0.6 is 9.24 Å². The van der Waals surface area contributed by atoms with Gasteiger partial charge in [0, 0.05) is 16.9 Å². The van der Waals surface area contributed by atoms with Crippen molar-refractivity contribution < 1.29 is 24.3 Å². The predicted octanol–water partition coefficient (Wildman–Crippen LogP) is 4.20. The van der Waals surface area contributed by atoms with Crippen LogP contribution < -0.4 is 21.3 Å². The minimum atomic E-state index is -1.16. The van der Waals surface area contributed by atoms with Crippen LogP contribution in [0, 0.1) is 0 Å². The van der Waals surface area contributed by atoms with E-state index in [2.05, 4.69) is 20.3 Å². The first-order chi connectivity index (χ1) is 17.8. The van der Waals surface area contributed by atoms with Gasteiger partial charge in [-0.25, -0.2) is 9.69 Å². The zero-order valence-corrected chi connectivity index (χ0v) is 20.6. The number of fused-ring (bicyclic) bond motifs is 1. The summed E-state index contributed by atoms with van der Waals surface area (Å²) >= 11 is 0. The lowest BCUT2D eigenvalue weighted by Gasteiger charge is -2.19. The number of nitrogens with two attached hydrogens (primary N) is 1. The third kappa shape index (κ3) is 5.10. The maximum atomic E-state index is 13.2. The van der Waals surface area contributed by atoms with Crippen molar-refractivity contribution in [1.29, 1.82) is 0 Å². The average Bonchev–Trinajstić information content (AvgIpc) is 3.15. The number of para-hydroxylation sites is 1. The number of amides is 3. The van der Waals surface area contributed by atoms with Crippen LogP contribution in [0.25, 0.3) is 11.1 Å². The molecule has 37 heavy (non-hydrogen) atoms. The van der Waals surface area contributed by atoms with Gasteiger partial charge in [-0.1, -0.05) is 42.5 Å². The molecule has 4 aromatic carbocycles. The Balaban J connectivity index is 0.00000102. The molecule has 0 saturated heterocycles. The second-order valence-corrected chi connectivity index (χ2v) is 8.58. The fraction of sp³-hybridized carbons (Fsp3) is 0. The molecule has 0 saturated carbocycles. The van der Waals surface area contributed by atoms with Gasteiger partial charge in [0.15, 0.2) is 0 Å². The molecule has 0 bridgehead atoms. The minimum absolute atomic E-state index is 0.0400. The van der Waals surface area contributed by atoms with Gasteiger partial charge in [-0.05, 0) is 59.4 Å². The standard InChI is InChI=1S/C27H19N2O4P.CH3NO/c30-25-20-12-10-16(27(32)33)14-22(20)26(31)29(25)18-11-13-23(28-17-6-2-1-3-7-17)21(15-18)19-8-4-5-9-24(19)34;2-1-3/h1-15,28H,34H2,(H,32,33);1H,(H2,2,3). The van der Waals surface area contributed by atoms with Crippen molar-refractivity contribution in [2.75, 3.05) is 10.2 Å². The van der Waals surface area contributed by atoms with Crippen molar-refractivity contribution >= 4 is 55.8 Å². The van der Waals surface area contributed by atoms with E-state index in [1.54, 1.807) is 12.1 Å². The Bertz CT molecular complexity index is 1520. The van der Waals surface area contributed by atoms with E-state index in [-0.39, 0.29) is 23.1 Å². The number of carbonyl (C=O) groups excluding carboxylic acids is 3. The van der Waals surface area contributed by atoms with Gasteiger partial charge in [-0.2, -0.15) is 0 Å². The summed E-state index contributed by atoms with van der Waals surface area (Å²) < 4.78 is 0.